The van der Waals surface area contributed by atoms with Crippen LogP contribution in [0, 0.1) is 0 Å². The molecule has 0 aliphatic rings. The summed E-state index contributed by atoms with van der Waals surface area (Å²) in [6, 6.07) is 10.7. The lowest BCUT2D eigenvalue weighted by molar-refractivity contribution is 0.0600. The number of nitrogens with one attached hydrogen (secondary N) is 2. The van der Waals surface area contributed by atoms with E-state index in [0.717, 1.165) is 5.56 Å². The first kappa shape index (κ1) is 13.9. The first-order chi connectivity index (χ1) is 9.70. The summed E-state index contributed by atoms with van der Waals surface area (Å²) in [6.07, 6.45) is 2.35. The Labute approximate surface area is 117 Å². The molecule has 5 nitrogen and oxygen atoms in total. The first-order valence-corrected chi connectivity index (χ1v) is 6.29. The second-order valence-corrected chi connectivity index (χ2v) is 4.28. The molecule has 1 aromatic heterocycles. The van der Waals surface area contributed by atoms with Gasteiger partial charge in [0.1, 0.15) is 5.69 Å². The zero-order valence-electron chi connectivity index (χ0n) is 11.2. The van der Waals surface area contributed by atoms with Gasteiger partial charge in [-0.3, -0.25) is 4.79 Å². The van der Waals surface area contributed by atoms with Crippen molar-refractivity contribution in [3.8, 4) is 0 Å². The number of hydrogen-bond acceptors (Lipinski definition) is 3. The molecule has 2 N–H and O–H groups in total. The van der Waals surface area contributed by atoms with Crippen molar-refractivity contribution in [2.24, 2.45) is 0 Å². The molecule has 20 heavy (non-hydrogen) atoms. The average molecular weight is 272 g/mol. The predicted molar refractivity (Wildman–Crippen MR) is 74.6 cm³/mol. The maximum absolute atomic E-state index is 11.7. The van der Waals surface area contributed by atoms with Crippen LogP contribution in [0.15, 0.2) is 42.6 Å². The van der Waals surface area contributed by atoms with Gasteiger partial charge in [0.25, 0.3) is 5.91 Å². The minimum Gasteiger partial charge on any atom is -0.465 e. The van der Waals surface area contributed by atoms with E-state index in [1.165, 1.54) is 7.11 Å². The number of amides is 1. The van der Waals surface area contributed by atoms with E-state index >= 15 is 0 Å². The highest BCUT2D eigenvalue weighted by molar-refractivity contribution is 5.92. The summed E-state index contributed by atoms with van der Waals surface area (Å²) < 4.78 is 4.67. The van der Waals surface area contributed by atoms with Gasteiger partial charge in [-0.1, -0.05) is 12.1 Å². The second kappa shape index (κ2) is 6.56. The molecule has 5 heteroatoms. The standard InChI is InChI=1S/C15H16N2O3/c1-20-15(19)12-5-2-4-11(10-12)7-9-17-14(18)13-6-3-8-16-13/h2-6,8,10,16H,7,9H2,1H3,(H,17,18). The molecule has 0 spiro atoms. The number of H-pyrrole nitrogens is 1. The summed E-state index contributed by atoms with van der Waals surface area (Å²) in [5, 5.41) is 2.81. The number of aromatic nitrogens is 1. The van der Waals surface area contributed by atoms with Crippen LogP contribution in [-0.4, -0.2) is 30.5 Å². The van der Waals surface area contributed by atoms with Gasteiger partial charge >= 0.3 is 5.97 Å². The third kappa shape index (κ3) is 3.47. The molecule has 1 aromatic carbocycles. The Morgan fingerprint density at radius 2 is 2.10 bits per heavy atom. The summed E-state index contributed by atoms with van der Waals surface area (Å²) in [7, 11) is 1.35. The Morgan fingerprint density at radius 3 is 2.80 bits per heavy atom. The highest BCUT2D eigenvalue weighted by atomic mass is 16.5. The van der Waals surface area contributed by atoms with Crippen molar-refractivity contribution in [3.63, 3.8) is 0 Å². The van der Waals surface area contributed by atoms with Crippen molar-refractivity contribution in [1.29, 1.82) is 0 Å². The highest BCUT2D eigenvalue weighted by Crippen LogP contribution is 2.07. The lowest BCUT2D eigenvalue weighted by Crippen LogP contribution is -2.25. The van der Waals surface area contributed by atoms with Gasteiger partial charge in [0.05, 0.1) is 12.7 Å². The molecule has 0 bridgehead atoms. The molecule has 1 amide bonds. The SMILES string of the molecule is COC(=O)c1cccc(CCNC(=O)c2ccc[nH]2)c1. The predicted octanol–water partition coefficient (Wildman–Crippen LogP) is 1.77. The second-order valence-electron chi connectivity index (χ2n) is 4.28. The molecule has 0 aliphatic carbocycles. The minimum atomic E-state index is -0.359. The van der Waals surface area contributed by atoms with E-state index in [1.54, 1.807) is 36.5 Å². The zero-order chi connectivity index (χ0) is 14.4. The van der Waals surface area contributed by atoms with E-state index in [2.05, 4.69) is 15.0 Å². The molecule has 0 fully saturated rings. The summed E-state index contributed by atoms with van der Waals surface area (Å²) in [4.78, 5) is 26.0. The molecule has 0 atom stereocenters. The van der Waals surface area contributed by atoms with Crippen LogP contribution in [0.1, 0.15) is 26.4 Å². The van der Waals surface area contributed by atoms with Crippen molar-refractivity contribution in [1.82, 2.24) is 10.3 Å². The van der Waals surface area contributed by atoms with Crippen molar-refractivity contribution in [2.75, 3.05) is 13.7 Å². The third-order valence-corrected chi connectivity index (χ3v) is 2.89. The zero-order valence-corrected chi connectivity index (χ0v) is 11.2. The van der Waals surface area contributed by atoms with Crippen molar-refractivity contribution in [2.45, 2.75) is 6.42 Å². The van der Waals surface area contributed by atoms with E-state index in [4.69, 9.17) is 0 Å². The monoisotopic (exact) mass is 272 g/mol. The van der Waals surface area contributed by atoms with Crippen LogP contribution in [-0.2, 0) is 11.2 Å². The Kier molecular flexibility index (Phi) is 4.55. The van der Waals surface area contributed by atoms with Gasteiger partial charge in [0.2, 0.25) is 0 Å². The summed E-state index contributed by atoms with van der Waals surface area (Å²) in [6.45, 7) is 0.502. The Morgan fingerprint density at radius 1 is 1.25 bits per heavy atom. The number of hydrogen-bond donors (Lipinski definition) is 2. The van der Waals surface area contributed by atoms with Gasteiger partial charge in [-0.2, -0.15) is 0 Å². The quantitative estimate of drug-likeness (QED) is 0.815. The number of carbonyl (C=O) groups is 2. The summed E-state index contributed by atoms with van der Waals surface area (Å²) in [5.74, 6) is -0.499. The number of ether oxygens (including phenoxy) is 1. The number of aromatic amines is 1. The van der Waals surface area contributed by atoms with Crippen LogP contribution in [0.2, 0.25) is 0 Å². The first-order valence-electron chi connectivity index (χ1n) is 6.29. The van der Waals surface area contributed by atoms with Gasteiger partial charge in [-0.15, -0.1) is 0 Å². The third-order valence-electron chi connectivity index (χ3n) is 2.89. The fourth-order valence-electron chi connectivity index (χ4n) is 1.86. The molecule has 0 radical (unpaired) electrons. The number of carbonyl (C=O) groups excluding carboxylic acids is 2. The summed E-state index contributed by atoms with van der Waals surface area (Å²) >= 11 is 0. The van der Waals surface area contributed by atoms with Crippen molar-refractivity contribution in [3.05, 3.63) is 59.4 Å². The van der Waals surface area contributed by atoms with Crippen LogP contribution in [0.5, 0.6) is 0 Å². The molecular weight excluding hydrogens is 256 g/mol. The minimum absolute atomic E-state index is 0.140. The molecule has 0 aliphatic heterocycles. The van der Waals surface area contributed by atoms with Crippen LogP contribution >= 0.6 is 0 Å². The van der Waals surface area contributed by atoms with Gasteiger partial charge in [-0.25, -0.2) is 4.79 Å². The van der Waals surface area contributed by atoms with Crippen molar-refractivity contribution < 1.29 is 14.3 Å². The number of methoxy groups -OCH3 is 1. The van der Waals surface area contributed by atoms with E-state index in [1.807, 2.05) is 6.07 Å². The number of benzene rings is 1. The lowest BCUT2D eigenvalue weighted by atomic mass is 10.1. The molecule has 1 heterocycles. The van der Waals surface area contributed by atoms with Gasteiger partial charge < -0.3 is 15.0 Å². The molecule has 104 valence electrons. The van der Waals surface area contributed by atoms with Crippen LogP contribution in [0.4, 0.5) is 0 Å². The normalized spacial score (nSPS) is 10.1. The fraction of sp³-hybridized carbons (Fsp3) is 0.200. The van der Waals surface area contributed by atoms with E-state index in [0.29, 0.717) is 24.2 Å². The number of esters is 1. The Balaban J connectivity index is 1.88. The Hall–Kier alpha value is -2.56. The molecule has 0 unspecified atom stereocenters. The fourth-order valence-corrected chi connectivity index (χ4v) is 1.86. The van der Waals surface area contributed by atoms with Crippen LogP contribution < -0.4 is 5.32 Å². The van der Waals surface area contributed by atoms with E-state index < -0.39 is 0 Å². The topological polar surface area (TPSA) is 71.2 Å². The maximum Gasteiger partial charge on any atom is 0.337 e. The largest absolute Gasteiger partial charge is 0.465 e. The van der Waals surface area contributed by atoms with Gasteiger partial charge in [0, 0.05) is 12.7 Å². The highest BCUT2D eigenvalue weighted by Gasteiger charge is 2.07. The van der Waals surface area contributed by atoms with E-state index in [-0.39, 0.29) is 11.9 Å². The smallest absolute Gasteiger partial charge is 0.337 e. The van der Waals surface area contributed by atoms with Crippen LogP contribution in [0.3, 0.4) is 0 Å². The van der Waals surface area contributed by atoms with Crippen molar-refractivity contribution >= 4 is 11.9 Å². The summed E-state index contributed by atoms with van der Waals surface area (Å²) in [5.41, 5.74) is 2.02. The van der Waals surface area contributed by atoms with Gasteiger partial charge in [0.15, 0.2) is 0 Å². The molecule has 0 saturated carbocycles. The van der Waals surface area contributed by atoms with Gasteiger partial charge in [-0.05, 0) is 36.2 Å². The van der Waals surface area contributed by atoms with Crippen LogP contribution in [0.25, 0.3) is 0 Å². The maximum atomic E-state index is 11.7. The lowest BCUT2D eigenvalue weighted by Gasteiger charge is -2.05. The molecule has 0 saturated heterocycles. The van der Waals surface area contributed by atoms with E-state index in [9.17, 15) is 9.59 Å². The number of rotatable bonds is 5. The molecular formula is C15H16N2O3. The molecule has 2 rings (SSSR count). The Bertz CT molecular complexity index is 591. The molecule has 2 aromatic rings. The average Bonchev–Trinajstić information content (AvgIpc) is 3.01.